The SMILES string of the molecule is COc1ccc(Br)c2cccnc12.Cl. The number of rotatable bonds is 1. The molecule has 0 saturated carbocycles. The summed E-state index contributed by atoms with van der Waals surface area (Å²) in [5, 5.41) is 1.07. The summed E-state index contributed by atoms with van der Waals surface area (Å²) in [7, 11) is 1.65. The Labute approximate surface area is 96.8 Å². The number of methoxy groups -OCH3 is 1. The molecule has 0 fully saturated rings. The highest BCUT2D eigenvalue weighted by atomic mass is 79.9. The van der Waals surface area contributed by atoms with E-state index in [-0.39, 0.29) is 12.4 Å². The number of hydrogen-bond donors (Lipinski definition) is 0. The van der Waals surface area contributed by atoms with Crippen LogP contribution in [0.15, 0.2) is 34.9 Å². The van der Waals surface area contributed by atoms with E-state index in [9.17, 15) is 0 Å². The fraction of sp³-hybridized carbons (Fsp3) is 0.100. The number of pyridine rings is 1. The van der Waals surface area contributed by atoms with Crippen molar-refractivity contribution in [2.24, 2.45) is 0 Å². The van der Waals surface area contributed by atoms with Gasteiger partial charge in [-0.05, 0) is 18.2 Å². The van der Waals surface area contributed by atoms with Gasteiger partial charge in [-0.25, -0.2) is 0 Å². The predicted molar refractivity (Wildman–Crippen MR) is 63.2 cm³/mol. The first kappa shape index (κ1) is 11.3. The van der Waals surface area contributed by atoms with Gasteiger partial charge in [0.05, 0.1) is 7.11 Å². The Hall–Kier alpha value is -0.800. The van der Waals surface area contributed by atoms with Crippen LogP contribution in [0, 0.1) is 0 Å². The van der Waals surface area contributed by atoms with Crippen LogP contribution in [0.3, 0.4) is 0 Å². The summed E-state index contributed by atoms with van der Waals surface area (Å²) in [5.41, 5.74) is 0.888. The molecule has 0 aliphatic heterocycles. The highest BCUT2D eigenvalue weighted by Crippen LogP contribution is 2.29. The molecule has 2 nitrogen and oxygen atoms in total. The Morgan fingerprint density at radius 2 is 2.07 bits per heavy atom. The minimum Gasteiger partial charge on any atom is -0.494 e. The summed E-state index contributed by atoms with van der Waals surface area (Å²) in [6.07, 6.45) is 1.76. The zero-order valence-electron chi connectivity index (χ0n) is 7.53. The van der Waals surface area contributed by atoms with Crippen LogP contribution in [0.5, 0.6) is 5.75 Å². The minimum absolute atomic E-state index is 0. The van der Waals surface area contributed by atoms with Gasteiger partial charge in [-0.3, -0.25) is 4.98 Å². The van der Waals surface area contributed by atoms with E-state index in [0.717, 1.165) is 21.1 Å². The van der Waals surface area contributed by atoms with E-state index in [2.05, 4.69) is 20.9 Å². The molecule has 2 rings (SSSR count). The topological polar surface area (TPSA) is 22.1 Å². The van der Waals surface area contributed by atoms with E-state index in [1.807, 2.05) is 24.3 Å². The molecule has 4 heteroatoms. The standard InChI is InChI=1S/C10H8BrNO.ClH/c1-13-9-5-4-8(11)7-3-2-6-12-10(7)9;/h2-6H,1H3;1H. The average Bonchev–Trinajstić information content (AvgIpc) is 2.19. The molecule has 0 unspecified atom stereocenters. The van der Waals surface area contributed by atoms with Crippen LogP contribution in [0.2, 0.25) is 0 Å². The Bertz CT molecular complexity index is 447. The van der Waals surface area contributed by atoms with Gasteiger partial charge in [-0.15, -0.1) is 12.4 Å². The third-order valence-electron chi connectivity index (χ3n) is 1.90. The molecule has 0 bridgehead atoms. The van der Waals surface area contributed by atoms with Crippen molar-refractivity contribution in [3.05, 3.63) is 34.9 Å². The first-order valence-electron chi connectivity index (χ1n) is 3.90. The molecule has 0 spiro atoms. The van der Waals surface area contributed by atoms with E-state index >= 15 is 0 Å². The fourth-order valence-corrected chi connectivity index (χ4v) is 1.73. The molecule has 0 aliphatic rings. The van der Waals surface area contributed by atoms with Gasteiger partial charge >= 0.3 is 0 Å². The third-order valence-corrected chi connectivity index (χ3v) is 2.59. The number of fused-ring (bicyclic) bond motifs is 1. The smallest absolute Gasteiger partial charge is 0.145 e. The van der Waals surface area contributed by atoms with Crippen LogP contribution in [-0.4, -0.2) is 12.1 Å². The van der Waals surface area contributed by atoms with Gasteiger partial charge in [0.25, 0.3) is 0 Å². The van der Waals surface area contributed by atoms with Gasteiger partial charge in [0.2, 0.25) is 0 Å². The van der Waals surface area contributed by atoms with Crippen molar-refractivity contribution >= 4 is 39.2 Å². The van der Waals surface area contributed by atoms with Gasteiger partial charge < -0.3 is 4.74 Å². The minimum atomic E-state index is 0. The van der Waals surface area contributed by atoms with Crippen LogP contribution in [0.25, 0.3) is 10.9 Å². The van der Waals surface area contributed by atoms with Gasteiger partial charge in [-0.2, -0.15) is 0 Å². The van der Waals surface area contributed by atoms with Crippen LogP contribution in [0.4, 0.5) is 0 Å². The number of hydrogen-bond acceptors (Lipinski definition) is 2. The highest BCUT2D eigenvalue weighted by molar-refractivity contribution is 9.10. The lowest BCUT2D eigenvalue weighted by Gasteiger charge is -2.04. The number of benzene rings is 1. The molecule has 0 saturated heterocycles. The van der Waals surface area contributed by atoms with Gasteiger partial charge in [0.1, 0.15) is 11.3 Å². The van der Waals surface area contributed by atoms with Gasteiger partial charge in [-0.1, -0.05) is 22.0 Å². The molecular weight excluding hydrogens is 265 g/mol. The molecule has 1 aromatic carbocycles. The summed E-state index contributed by atoms with van der Waals surface area (Å²) in [4.78, 5) is 4.26. The van der Waals surface area contributed by atoms with E-state index < -0.39 is 0 Å². The summed E-state index contributed by atoms with van der Waals surface area (Å²) < 4.78 is 6.24. The lowest BCUT2D eigenvalue weighted by Crippen LogP contribution is -1.87. The van der Waals surface area contributed by atoms with E-state index in [4.69, 9.17) is 4.74 Å². The van der Waals surface area contributed by atoms with Crippen molar-refractivity contribution in [2.45, 2.75) is 0 Å². The maximum absolute atomic E-state index is 5.20. The molecule has 74 valence electrons. The van der Waals surface area contributed by atoms with Crippen molar-refractivity contribution in [1.82, 2.24) is 4.98 Å². The fourth-order valence-electron chi connectivity index (χ4n) is 1.28. The zero-order valence-corrected chi connectivity index (χ0v) is 9.93. The summed E-state index contributed by atoms with van der Waals surface area (Å²) in [6, 6.07) is 7.78. The number of aromatic nitrogens is 1. The summed E-state index contributed by atoms with van der Waals surface area (Å²) in [5.74, 6) is 0.804. The molecule has 1 aromatic heterocycles. The van der Waals surface area contributed by atoms with E-state index in [0.29, 0.717) is 0 Å². The Morgan fingerprint density at radius 3 is 2.79 bits per heavy atom. The maximum atomic E-state index is 5.20. The second-order valence-electron chi connectivity index (χ2n) is 2.65. The summed E-state index contributed by atoms with van der Waals surface area (Å²) >= 11 is 3.46. The lowest BCUT2D eigenvalue weighted by molar-refractivity contribution is 0.419. The second-order valence-corrected chi connectivity index (χ2v) is 3.50. The average molecular weight is 275 g/mol. The van der Waals surface area contributed by atoms with Crippen molar-refractivity contribution in [1.29, 1.82) is 0 Å². The Balaban J connectivity index is 0.000000980. The second kappa shape index (κ2) is 4.62. The number of halogens is 2. The van der Waals surface area contributed by atoms with Crippen LogP contribution in [-0.2, 0) is 0 Å². The molecule has 1 heterocycles. The molecular formula is C10H9BrClNO. The molecule has 0 N–H and O–H groups in total. The molecule has 2 aromatic rings. The molecule has 0 atom stereocenters. The third kappa shape index (κ3) is 1.83. The number of nitrogens with zero attached hydrogens (tertiary/aromatic N) is 1. The van der Waals surface area contributed by atoms with Crippen LogP contribution < -0.4 is 4.74 Å². The first-order chi connectivity index (χ1) is 6.33. The van der Waals surface area contributed by atoms with Gasteiger partial charge in [0.15, 0.2) is 0 Å². The van der Waals surface area contributed by atoms with Crippen molar-refractivity contribution < 1.29 is 4.74 Å². The van der Waals surface area contributed by atoms with Crippen LogP contribution >= 0.6 is 28.3 Å². The Kier molecular flexibility index (Phi) is 3.72. The molecule has 0 amide bonds. The predicted octanol–water partition coefficient (Wildman–Crippen LogP) is 3.43. The Morgan fingerprint density at radius 1 is 1.29 bits per heavy atom. The van der Waals surface area contributed by atoms with E-state index in [1.54, 1.807) is 13.3 Å². The van der Waals surface area contributed by atoms with Crippen LogP contribution in [0.1, 0.15) is 0 Å². The highest BCUT2D eigenvalue weighted by Gasteiger charge is 2.03. The van der Waals surface area contributed by atoms with Crippen molar-refractivity contribution in [3.8, 4) is 5.75 Å². The zero-order chi connectivity index (χ0) is 9.26. The van der Waals surface area contributed by atoms with E-state index in [1.165, 1.54) is 0 Å². The number of ether oxygens (including phenoxy) is 1. The molecule has 14 heavy (non-hydrogen) atoms. The van der Waals surface area contributed by atoms with Gasteiger partial charge in [0, 0.05) is 16.1 Å². The largest absolute Gasteiger partial charge is 0.494 e. The lowest BCUT2D eigenvalue weighted by atomic mass is 10.2. The molecule has 0 radical (unpaired) electrons. The normalized spacial score (nSPS) is 9.57. The summed E-state index contributed by atoms with van der Waals surface area (Å²) in [6.45, 7) is 0. The quantitative estimate of drug-likeness (QED) is 0.795. The monoisotopic (exact) mass is 273 g/mol. The van der Waals surface area contributed by atoms with Crippen molar-refractivity contribution in [2.75, 3.05) is 7.11 Å². The maximum Gasteiger partial charge on any atom is 0.145 e. The van der Waals surface area contributed by atoms with Crippen molar-refractivity contribution in [3.63, 3.8) is 0 Å². The first-order valence-corrected chi connectivity index (χ1v) is 4.69. The molecule has 0 aliphatic carbocycles.